The Balaban J connectivity index is 1.33. The van der Waals surface area contributed by atoms with Gasteiger partial charge >= 0.3 is 6.18 Å². The number of carbonyl (C=O) groups excluding carboxylic acids is 1. The lowest BCUT2D eigenvalue weighted by atomic mass is 10.1. The van der Waals surface area contributed by atoms with Crippen molar-refractivity contribution in [1.82, 2.24) is 15.5 Å². The maximum absolute atomic E-state index is 13.5. The van der Waals surface area contributed by atoms with Crippen LogP contribution in [0.3, 0.4) is 0 Å². The number of anilines is 1. The van der Waals surface area contributed by atoms with Gasteiger partial charge in [0.1, 0.15) is 11.3 Å². The zero-order valence-electron chi connectivity index (χ0n) is 19.7. The first-order valence-electron chi connectivity index (χ1n) is 11.6. The number of alkyl halides is 3. The van der Waals surface area contributed by atoms with E-state index < -0.39 is 27.7 Å². The van der Waals surface area contributed by atoms with Gasteiger partial charge in [-0.05, 0) is 74.1 Å². The molecule has 13 heteroatoms. The summed E-state index contributed by atoms with van der Waals surface area (Å²) < 4.78 is 72.9. The van der Waals surface area contributed by atoms with Gasteiger partial charge in [-0.3, -0.25) is 4.79 Å². The first kappa shape index (κ1) is 25.5. The molecule has 0 saturated heterocycles. The molecule has 0 radical (unpaired) electrons. The molecule has 0 aliphatic heterocycles. The molecule has 1 heterocycles. The smallest absolute Gasteiger partial charge is 0.416 e. The summed E-state index contributed by atoms with van der Waals surface area (Å²) >= 11 is 1.16. The number of halogens is 3. The maximum Gasteiger partial charge on any atom is 0.416 e. The van der Waals surface area contributed by atoms with Crippen LogP contribution in [-0.2, 0) is 29.0 Å². The van der Waals surface area contributed by atoms with Gasteiger partial charge in [0.15, 0.2) is 0 Å². The average molecular weight is 553 g/mol. The molecule has 2 aliphatic rings. The van der Waals surface area contributed by atoms with E-state index >= 15 is 0 Å². The highest BCUT2D eigenvalue weighted by Crippen LogP contribution is 2.38. The van der Waals surface area contributed by atoms with Crippen molar-refractivity contribution in [3.63, 3.8) is 0 Å². The molecule has 8 nitrogen and oxygen atoms in total. The molecule has 1 N–H and O–H groups in total. The van der Waals surface area contributed by atoms with Crippen molar-refractivity contribution in [2.24, 2.45) is 0 Å². The van der Waals surface area contributed by atoms with Gasteiger partial charge in [-0.2, -0.15) is 13.2 Å². The largest absolute Gasteiger partial charge is 0.493 e. The van der Waals surface area contributed by atoms with Crippen molar-refractivity contribution >= 4 is 32.4 Å². The molecule has 196 valence electrons. The number of benzene rings is 2. The van der Waals surface area contributed by atoms with Crippen LogP contribution >= 0.6 is 11.3 Å². The topological polar surface area (TPSA) is 101 Å². The molecule has 5 rings (SSSR count). The van der Waals surface area contributed by atoms with Crippen molar-refractivity contribution in [3.05, 3.63) is 64.2 Å². The minimum absolute atomic E-state index is 0.00575. The Morgan fingerprint density at radius 1 is 1.16 bits per heavy atom. The van der Waals surface area contributed by atoms with E-state index in [1.165, 1.54) is 9.82 Å². The molecule has 37 heavy (non-hydrogen) atoms. The average Bonchev–Trinajstić information content (AvgIpc) is 3.34. The Bertz CT molecular complexity index is 1420. The summed E-state index contributed by atoms with van der Waals surface area (Å²) in [4.78, 5) is 13.1. The number of rotatable bonds is 8. The van der Waals surface area contributed by atoms with Gasteiger partial charge in [-0.25, -0.2) is 12.7 Å². The lowest BCUT2D eigenvalue weighted by molar-refractivity contribution is -0.137. The van der Waals surface area contributed by atoms with Gasteiger partial charge in [0.2, 0.25) is 5.13 Å². The second-order valence-electron chi connectivity index (χ2n) is 8.90. The Morgan fingerprint density at radius 2 is 1.92 bits per heavy atom. The summed E-state index contributed by atoms with van der Waals surface area (Å²) in [6.07, 6.45) is -2.19. The third-order valence-corrected chi connectivity index (χ3v) is 8.91. The molecule has 2 aromatic carbocycles. The first-order valence-corrected chi connectivity index (χ1v) is 14.0. The SMILES string of the molecule is CCOc1cc(C(F)(F)F)ccc1C(=O)NC1Cc2ccc(S(=O)(=O)N(c3nncs3)C3CC3)cc2C1. The maximum atomic E-state index is 13.5. The highest BCUT2D eigenvalue weighted by atomic mass is 32.2. The number of nitrogens with one attached hydrogen (secondary N) is 1. The van der Waals surface area contributed by atoms with E-state index in [1.54, 1.807) is 25.1 Å². The molecule has 2 aliphatic carbocycles. The highest BCUT2D eigenvalue weighted by Gasteiger charge is 2.40. The van der Waals surface area contributed by atoms with Crippen LogP contribution in [0.1, 0.15) is 46.8 Å². The summed E-state index contributed by atoms with van der Waals surface area (Å²) in [6, 6.07) is 7.21. The number of nitrogens with zero attached hydrogens (tertiary/aromatic N) is 3. The fourth-order valence-corrected chi connectivity index (χ4v) is 6.99. The molecular formula is C24H23F3N4O4S2. The summed E-state index contributed by atoms with van der Waals surface area (Å²) in [5.74, 6) is -0.699. The van der Waals surface area contributed by atoms with Gasteiger partial charge in [0.05, 0.1) is 22.6 Å². The van der Waals surface area contributed by atoms with Crippen LogP contribution in [0.4, 0.5) is 18.3 Å². The summed E-state index contributed by atoms with van der Waals surface area (Å²) in [5, 5.41) is 10.9. The zero-order valence-corrected chi connectivity index (χ0v) is 21.3. The lowest BCUT2D eigenvalue weighted by Gasteiger charge is -2.21. The number of amides is 1. The van der Waals surface area contributed by atoms with Crippen molar-refractivity contribution < 1.29 is 31.1 Å². The third kappa shape index (κ3) is 5.14. The molecule has 1 fully saturated rings. The van der Waals surface area contributed by atoms with Crippen molar-refractivity contribution in [3.8, 4) is 5.75 Å². The number of hydrogen-bond donors (Lipinski definition) is 1. The number of aromatic nitrogens is 2. The second-order valence-corrected chi connectivity index (χ2v) is 11.5. The number of carbonyl (C=O) groups is 1. The number of fused-ring (bicyclic) bond motifs is 1. The molecule has 1 aromatic heterocycles. The second kappa shape index (κ2) is 9.60. The van der Waals surface area contributed by atoms with E-state index in [9.17, 15) is 26.4 Å². The van der Waals surface area contributed by atoms with Crippen molar-refractivity contribution in [2.75, 3.05) is 10.9 Å². The molecule has 0 bridgehead atoms. The molecule has 1 unspecified atom stereocenters. The van der Waals surface area contributed by atoms with Crippen LogP contribution < -0.4 is 14.4 Å². The van der Waals surface area contributed by atoms with Crippen LogP contribution in [0, 0.1) is 0 Å². The predicted octanol–water partition coefficient (Wildman–Crippen LogP) is 4.21. The fraction of sp³-hybridized carbons (Fsp3) is 0.375. The Morgan fingerprint density at radius 3 is 2.57 bits per heavy atom. The van der Waals surface area contributed by atoms with Crippen LogP contribution in [0.15, 0.2) is 46.8 Å². The molecule has 1 saturated carbocycles. The quantitative estimate of drug-likeness (QED) is 0.449. The summed E-state index contributed by atoms with van der Waals surface area (Å²) in [7, 11) is -3.85. The fourth-order valence-electron chi connectivity index (χ4n) is 4.42. The first-order chi connectivity index (χ1) is 17.6. The molecule has 0 spiro atoms. The van der Waals surface area contributed by atoms with E-state index in [4.69, 9.17) is 4.74 Å². The van der Waals surface area contributed by atoms with Crippen molar-refractivity contribution in [2.45, 2.75) is 55.8 Å². The van der Waals surface area contributed by atoms with Crippen LogP contribution in [0.2, 0.25) is 0 Å². The van der Waals surface area contributed by atoms with Gasteiger partial charge in [-0.1, -0.05) is 17.4 Å². The molecule has 3 aromatic rings. The predicted molar refractivity (Wildman–Crippen MR) is 130 cm³/mol. The van der Waals surface area contributed by atoms with E-state index in [0.29, 0.717) is 18.0 Å². The van der Waals surface area contributed by atoms with Gasteiger partial charge < -0.3 is 10.1 Å². The third-order valence-electron chi connectivity index (χ3n) is 6.27. The molecular weight excluding hydrogens is 529 g/mol. The minimum Gasteiger partial charge on any atom is -0.493 e. The van der Waals surface area contributed by atoms with E-state index in [-0.39, 0.29) is 34.9 Å². The van der Waals surface area contributed by atoms with Crippen LogP contribution in [0.5, 0.6) is 5.75 Å². The molecule has 1 atom stereocenters. The Kier molecular flexibility index (Phi) is 6.61. The lowest BCUT2D eigenvalue weighted by Crippen LogP contribution is -2.35. The number of sulfonamides is 1. The normalized spacial score (nSPS) is 17.4. The van der Waals surface area contributed by atoms with Gasteiger partial charge in [0.25, 0.3) is 15.9 Å². The number of hydrogen-bond acceptors (Lipinski definition) is 7. The van der Waals surface area contributed by atoms with Crippen molar-refractivity contribution in [1.29, 1.82) is 0 Å². The standard InChI is InChI=1S/C24H23F3N4O4S2/c1-2-35-21-12-16(24(25,26)27)4-8-20(21)22(32)29-17-9-14-3-7-19(11-15(14)10-17)37(33,34)31(18-5-6-18)23-30-28-13-36-23/h3-4,7-8,11-13,17-18H,2,5-6,9-10H2,1H3,(H,29,32). The van der Waals surface area contributed by atoms with E-state index in [1.807, 2.05) is 0 Å². The zero-order chi connectivity index (χ0) is 26.4. The Hall–Kier alpha value is -3.19. The summed E-state index contributed by atoms with van der Waals surface area (Å²) in [5.41, 5.74) is 2.28. The highest BCUT2D eigenvalue weighted by molar-refractivity contribution is 7.93. The minimum atomic E-state index is -4.56. The number of ether oxygens (including phenoxy) is 1. The van der Waals surface area contributed by atoms with Gasteiger partial charge in [-0.15, -0.1) is 10.2 Å². The molecule has 1 amide bonds. The van der Waals surface area contributed by atoms with E-state index in [2.05, 4.69) is 15.5 Å². The summed E-state index contributed by atoms with van der Waals surface area (Å²) in [6.45, 7) is 1.72. The van der Waals surface area contributed by atoms with Crippen LogP contribution in [-0.4, -0.2) is 43.2 Å². The Labute approximate surface area is 215 Å². The van der Waals surface area contributed by atoms with Crippen LogP contribution in [0.25, 0.3) is 0 Å². The monoisotopic (exact) mass is 552 g/mol. The van der Waals surface area contributed by atoms with E-state index in [0.717, 1.165) is 53.5 Å². The van der Waals surface area contributed by atoms with Gasteiger partial charge in [0, 0.05) is 12.1 Å².